The van der Waals surface area contributed by atoms with Crippen molar-refractivity contribution < 1.29 is 17.5 Å². The van der Waals surface area contributed by atoms with E-state index in [-0.39, 0.29) is 18.0 Å². The molecule has 1 aromatic carbocycles. The number of morpholine rings is 1. The normalized spacial score (nSPS) is 26.9. The van der Waals surface area contributed by atoms with E-state index >= 15 is 0 Å². The molecule has 0 aliphatic carbocycles. The fourth-order valence-corrected chi connectivity index (χ4v) is 5.67. The van der Waals surface area contributed by atoms with E-state index in [0.717, 1.165) is 5.56 Å². The van der Waals surface area contributed by atoms with Gasteiger partial charge in [0.1, 0.15) is 5.82 Å². The SMILES string of the molecule is CC1CN(S(=O)(=O)N2CCN(Cc3ccc(F)c(Br)c3)CC2)CC(C)O1. The molecule has 2 fully saturated rings. The lowest BCUT2D eigenvalue weighted by Gasteiger charge is -2.40. The van der Waals surface area contributed by atoms with Crippen LogP contribution in [0.4, 0.5) is 4.39 Å². The van der Waals surface area contributed by atoms with E-state index in [1.807, 2.05) is 13.8 Å². The van der Waals surface area contributed by atoms with Gasteiger partial charge in [-0.1, -0.05) is 6.07 Å². The number of rotatable bonds is 4. The van der Waals surface area contributed by atoms with Gasteiger partial charge in [-0.2, -0.15) is 17.0 Å². The van der Waals surface area contributed by atoms with Gasteiger partial charge in [-0.15, -0.1) is 0 Å². The van der Waals surface area contributed by atoms with Crippen LogP contribution in [0.25, 0.3) is 0 Å². The van der Waals surface area contributed by atoms with E-state index in [1.165, 1.54) is 6.07 Å². The number of hydrogen-bond donors (Lipinski definition) is 0. The number of halogens is 2. The zero-order valence-electron chi connectivity index (χ0n) is 15.1. The largest absolute Gasteiger partial charge is 0.373 e. The predicted molar refractivity (Wildman–Crippen MR) is 101 cm³/mol. The van der Waals surface area contributed by atoms with Crippen molar-refractivity contribution in [2.24, 2.45) is 0 Å². The van der Waals surface area contributed by atoms with E-state index in [9.17, 15) is 12.8 Å². The van der Waals surface area contributed by atoms with Crippen molar-refractivity contribution in [3.05, 3.63) is 34.1 Å². The molecular weight excluding hydrogens is 425 g/mol. The van der Waals surface area contributed by atoms with E-state index in [4.69, 9.17) is 4.74 Å². The van der Waals surface area contributed by atoms with Gasteiger partial charge in [-0.3, -0.25) is 4.90 Å². The predicted octanol–water partition coefficient (Wildman–Crippen LogP) is 2.06. The minimum absolute atomic E-state index is 0.0910. The molecule has 146 valence electrons. The molecule has 0 spiro atoms. The highest BCUT2D eigenvalue weighted by molar-refractivity contribution is 9.10. The Morgan fingerprint density at radius 3 is 2.31 bits per heavy atom. The van der Waals surface area contributed by atoms with Gasteiger partial charge < -0.3 is 4.74 Å². The Kier molecular flexibility index (Phi) is 6.36. The number of ether oxygens (including phenoxy) is 1. The van der Waals surface area contributed by atoms with Crippen LogP contribution >= 0.6 is 15.9 Å². The van der Waals surface area contributed by atoms with Crippen molar-refractivity contribution in [1.82, 2.24) is 13.5 Å². The van der Waals surface area contributed by atoms with Gasteiger partial charge >= 0.3 is 0 Å². The molecule has 2 atom stereocenters. The summed E-state index contributed by atoms with van der Waals surface area (Å²) in [7, 11) is -3.46. The first-order valence-electron chi connectivity index (χ1n) is 8.82. The third-order valence-corrected chi connectivity index (χ3v) is 7.34. The minimum Gasteiger partial charge on any atom is -0.373 e. The van der Waals surface area contributed by atoms with Gasteiger partial charge in [-0.25, -0.2) is 4.39 Å². The molecule has 0 radical (unpaired) electrons. The highest BCUT2D eigenvalue weighted by atomic mass is 79.9. The van der Waals surface area contributed by atoms with Crippen LogP contribution in [0.3, 0.4) is 0 Å². The maximum Gasteiger partial charge on any atom is 0.282 e. The van der Waals surface area contributed by atoms with Crippen LogP contribution in [0.1, 0.15) is 19.4 Å². The Balaban J connectivity index is 1.58. The molecule has 6 nitrogen and oxygen atoms in total. The Morgan fingerprint density at radius 1 is 1.12 bits per heavy atom. The molecule has 0 N–H and O–H groups in total. The Bertz CT molecular complexity index is 731. The molecule has 0 amide bonds. The quantitative estimate of drug-likeness (QED) is 0.705. The van der Waals surface area contributed by atoms with Crippen molar-refractivity contribution >= 4 is 26.1 Å². The van der Waals surface area contributed by atoms with E-state index in [1.54, 1.807) is 20.7 Å². The van der Waals surface area contributed by atoms with Crippen molar-refractivity contribution in [3.63, 3.8) is 0 Å². The van der Waals surface area contributed by atoms with Gasteiger partial charge in [0.2, 0.25) is 0 Å². The van der Waals surface area contributed by atoms with Crippen LogP contribution in [-0.4, -0.2) is 73.4 Å². The van der Waals surface area contributed by atoms with Crippen molar-refractivity contribution in [3.8, 4) is 0 Å². The second kappa shape index (κ2) is 8.20. The highest BCUT2D eigenvalue weighted by Crippen LogP contribution is 2.21. The summed E-state index contributed by atoms with van der Waals surface area (Å²) in [5, 5.41) is 0. The molecule has 3 rings (SSSR count). The van der Waals surface area contributed by atoms with Crippen LogP contribution in [0.15, 0.2) is 22.7 Å². The first-order chi connectivity index (χ1) is 12.3. The van der Waals surface area contributed by atoms with E-state index in [2.05, 4.69) is 20.8 Å². The van der Waals surface area contributed by atoms with Gasteiger partial charge in [-0.05, 0) is 47.5 Å². The Labute approximate surface area is 163 Å². The highest BCUT2D eigenvalue weighted by Gasteiger charge is 2.36. The average molecular weight is 450 g/mol. The molecule has 2 heterocycles. The summed E-state index contributed by atoms with van der Waals surface area (Å²) in [5.41, 5.74) is 1.01. The number of nitrogens with zero attached hydrogens (tertiary/aromatic N) is 3. The second-order valence-corrected chi connectivity index (χ2v) is 9.79. The van der Waals surface area contributed by atoms with Crippen LogP contribution in [0.5, 0.6) is 0 Å². The summed E-state index contributed by atoms with van der Waals surface area (Å²) in [6.45, 7) is 7.52. The van der Waals surface area contributed by atoms with Crippen LogP contribution in [0.2, 0.25) is 0 Å². The third kappa shape index (κ3) is 4.63. The van der Waals surface area contributed by atoms with E-state index < -0.39 is 10.2 Å². The molecule has 2 aliphatic rings. The summed E-state index contributed by atoms with van der Waals surface area (Å²) in [6.07, 6.45) is -0.182. The van der Waals surface area contributed by atoms with Crippen LogP contribution in [0, 0.1) is 5.82 Å². The van der Waals surface area contributed by atoms with Crippen molar-refractivity contribution in [1.29, 1.82) is 0 Å². The lowest BCUT2D eigenvalue weighted by atomic mass is 10.2. The number of hydrogen-bond acceptors (Lipinski definition) is 4. The number of benzene rings is 1. The smallest absolute Gasteiger partial charge is 0.282 e. The minimum atomic E-state index is -3.46. The summed E-state index contributed by atoms with van der Waals surface area (Å²) in [6, 6.07) is 4.98. The summed E-state index contributed by atoms with van der Waals surface area (Å²) >= 11 is 3.20. The van der Waals surface area contributed by atoms with Gasteiger partial charge in [0, 0.05) is 45.8 Å². The van der Waals surface area contributed by atoms with Crippen molar-refractivity contribution in [2.45, 2.75) is 32.6 Å². The Hall–Kier alpha value is -0.580. The number of piperazine rings is 1. The first-order valence-corrected chi connectivity index (χ1v) is 11.0. The fourth-order valence-electron chi connectivity index (χ4n) is 3.50. The molecule has 2 saturated heterocycles. The van der Waals surface area contributed by atoms with Gasteiger partial charge in [0.25, 0.3) is 10.2 Å². The second-order valence-electron chi connectivity index (χ2n) is 7.01. The topological polar surface area (TPSA) is 53.1 Å². The van der Waals surface area contributed by atoms with E-state index in [0.29, 0.717) is 50.3 Å². The molecule has 9 heteroatoms. The zero-order valence-corrected chi connectivity index (χ0v) is 17.5. The summed E-state index contributed by atoms with van der Waals surface area (Å²) in [5.74, 6) is -0.279. The standard InChI is InChI=1S/C17H25BrFN3O3S/c1-13-10-22(11-14(2)25-13)26(23,24)21-7-5-20(6-8-21)12-15-3-4-17(19)16(18)9-15/h3-4,9,13-14H,5-8,10-12H2,1-2H3. The molecular formula is C17H25BrFN3O3S. The molecule has 0 aromatic heterocycles. The monoisotopic (exact) mass is 449 g/mol. The van der Waals surface area contributed by atoms with Crippen LogP contribution in [-0.2, 0) is 21.5 Å². The maximum absolute atomic E-state index is 13.3. The zero-order chi connectivity index (χ0) is 18.9. The maximum atomic E-state index is 13.3. The molecule has 2 aliphatic heterocycles. The average Bonchev–Trinajstić information content (AvgIpc) is 2.58. The van der Waals surface area contributed by atoms with Crippen molar-refractivity contribution in [2.75, 3.05) is 39.3 Å². The van der Waals surface area contributed by atoms with Crippen LogP contribution < -0.4 is 0 Å². The third-order valence-electron chi connectivity index (χ3n) is 4.76. The lowest BCUT2D eigenvalue weighted by molar-refractivity contribution is -0.0457. The molecule has 0 bridgehead atoms. The lowest BCUT2D eigenvalue weighted by Crippen LogP contribution is -2.57. The molecule has 26 heavy (non-hydrogen) atoms. The van der Waals surface area contributed by atoms with Gasteiger partial charge in [0.15, 0.2) is 0 Å². The molecule has 1 aromatic rings. The van der Waals surface area contributed by atoms with Gasteiger partial charge in [0.05, 0.1) is 16.7 Å². The summed E-state index contributed by atoms with van der Waals surface area (Å²) < 4.78 is 48.4. The Morgan fingerprint density at radius 2 is 1.73 bits per heavy atom. The first kappa shape index (κ1) is 20.2. The molecule has 0 saturated carbocycles. The molecule has 2 unspecified atom stereocenters. The summed E-state index contributed by atoms with van der Waals surface area (Å²) in [4.78, 5) is 2.19. The fraction of sp³-hybridized carbons (Fsp3) is 0.647.